The number of furan rings is 1. The van der Waals surface area contributed by atoms with Gasteiger partial charge >= 0.3 is 6.09 Å². The van der Waals surface area contributed by atoms with E-state index in [-0.39, 0.29) is 17.9 Å². The monoisotopic (exact) mass is 308 g/mol. The van der Waals surface area contributed by atoms with E-state index in [9.17, 15) is 9.59 Å². The fraction of sp³-hybridized carbons (Fsp3) is 0.625. The van der Waals surface area contributed by atoms with E-state index in [4.69, 9.17) is 9.15 Å². The molecule has 1 aliphatic rings. The third-order valence-corrected chi connectivity index (χ3v) is 3.63. The van der Waals surface area contributed by atoms with Gasteiger partial charge in [-0.25, -0.2) is 4.79 Å². The van der Waals surface area contributed by atoms with Gasteiger partial charge in [-0.15, -0.1) is 0 Å². The highest BCUT2D eigenvalue weighted by atomic mass is 16.6. The van der Waals surface area contributed by atoms with Crippen LogP contribution in [0.5, 0.6) is 0 Å². The molecule has 1 saturated heterocycles. The van der Waals surface area contributed by atoms with Gasteiger partial charge in [0, 0.05) is 25.2 Å². The summed E-state index contributed by atoms with van der Waals surface area (Å²) in [5.41, 5.74) is 0.450. The zero-order chi connectivity index (χ0) is 16.3. The highest BCUT2D eigenvalue weighted by molar-refractivity contribution is 5.80. The summed E-state index contributed by atoms with van der Waals surface area (Å²) in [6.07, 6.45) is 1.92. The molecule has 2 amide bonds. The number of carbonyl (C=O) groups is 2. The zero-order valence-electron chi connectivity index (χ0n) is 13.6. The minimum absolute atomic E-state index is 0.0355. The van der Waals surface area contributed by atoms with Crippen LogP contribution in [0, 0.1) is 12.8 Å². The van der Waals surface area contributed by atoms with Crippen molar-refractivity contribution >= 4 is 12.0 Å². The van der Waals surface area contributed by atoms with Crippen LogP contribution in [0.3, 0.4) is 0 Å². The summed E-state index contributed by atoms with van der Waals surface area (Å²) in [6, 6.07) is 1.84. The Bertz CT molecular complexity index is 545. The summed E-state index contributed by atoms with van der Waals surface area (Å²) in [5.74, 6) is 0.591. The molecule has 1 N–H and O–H groups in total. The van der Waals surface area contributed by atoms with Gasteiger partial charge in [0.25, 0.3) is 0 Å². The normalized spacial score (nSPS) is 18.4. The lowest BCUT2D eigenvalue weighted by atomic mass is 10.1. The number of nitrogens with zero attached hydrogens (tertiary/aromatic N) is 1. The lowest BCUT2D eigenvalue weighted by molar-refractivity contribution is -0.124. The average molecular weight is 308 g/mol. The fourth-order valence-corrected chi connectivity index (χ4v) is 2.39. The predicted octanol–water partition coefficient (Wildman–Crippen LogP) is 2.46. The van der Waals surface area contributed by atoms with E-state index >= 15 is 0 Å². The van der Waals surface area contributed by atoms with Gasteiger partial charge in [0.2, 0.25) is 5.91 Å². The number of carbonyl (C=O) groups excluding carboxylic acids is 2. The molecule has 2 heterocycles. The minimum atomic E-state index is -0.518. The molecule has 2 rings (SSSR count). The van der Waals surface area contributed by atoms with Crippen molar-refractivity contribution in [2.75, 3.05) is 13.1 Å². The van der Waals surface area contributed by atoms with Crippen LogP contribution in [-0.4, -0.2) is 35.6 Å². The van der Waals surface area contributed by atoms with Crippen molar-refractivity contribution in [2.24, 2.45) is 5.92 Å². The van der Waals surface area contributed by atoms with Gasteiger partial charge in [-0.05, 0) is 40.2 Å². The van der Waals surface area contributed by atoms with Crippen LogP contribution >= 0.6 is 0 Å². The summed E-state index contributed by atoms with van der Waals surface area (Å²) in [7, 11) is 0. The number of ether oxygens (including phenoxy) is 1. The minimum Gasteiger partial charge on any atom is -0.469 e. The van der Waals surface area contributed by atoms with E-state index < -0.39 is 5.60 Å². The third-order valence-electron chi connectivity index (χ3n) is 3.63. The zero-order valence-corrected chi connectivity index (χ0v) is 13.6. The number of hydrogen-bond donors (Lipinski definition) is 1. The lowest BCUT2D eigenvalue weighted by Gasteiger charge is -2.24. The molecule has 0 spiro atoms. The molecule has 1 atom stereocenters. The molecule has 6 nitrogen and oxygen atoms in total. The van der Waals surface area contributed by atoms with Crippen molar-refractivity contribution in [3.8, 4) is 0 Å². The molecule has 1 aromatic rings. The Balaban J connectivity index is 1.81. The van der Waals surface area contributed by atoms with E-state index in [1.807, 2.05) is 33.8 Å². The predicted molar refractivity (Wildman–Crippen MR) is 81.2 cm³/mol. The van der Waals surface area contributed by atoms with E-state index in [1.54, 1.807) is 11.2 Å². The Labute approximate surface area is 130 Å². The first kappa shape index (κ1) is 16.4. The van der Waals surface area contributed by atoms with Crippen LogP contribution in [-0.2, 0) is 16.1 Å². The average Bonchev–Trinajstić information content (AvgIpc) is 3.03. The van der Waals surface area contributed by atoms with E-state index in [1.165, 1.54) is 0 Å². The summed E-state index contributed by atoms with van der Waals surface area (Å²) in [5, 5.41) is 2.90. The van der Waals surface area contributed by atoms with Crippen LogP contribution in [0.2, 0.25) is 0 Å². The topological polar surface area (TPSA) is 71.8 Å². The molecule has 0 aromatic carbocycles. The Morgan fingerprint density at radius 1 is 1.45 bits per heavy atom. The van der Waals surface area contributed by atoms with Crippen LogP contribution in [0.1, 0.15) is 38.5 Å². The molecule has 1 fully saturated rings. The quantitative estimate of drug-likeness (QED) is 0.931. The van der Waals surface area contributed by atoms with E-state index in [0.717, 1.165) is 11.3 Å². The van der Waals surface area contributed by atoms with Crippen molar-refractivity contribution in [3.05, 3.63) is 23.7 Å². The van der Waals surface area contributed by atoms with Crippen LogP contribution in [0.25, 0.3) is 0 Å². The van der Waals surface area contributed by atoms with Gasteiger partial charge in [0.1, 0.15) is 11.4 Å². The van der Waals surface area contributed by atoms with Crippen molar-refractivity contribution in [1.82, 2.24) is 10.2 Å². The van der Waals surface area contributed by atoms with Gasteiger partial charge in [-0.1, -0.05) is 0 Å². The van der Waals surface area contributed by atoms with Gasteiger partial charge < -0.3 is 19.4 Å². The molecule has 0 bridgehead atoms. The second-order valence-electron chi connectivity index (χ2n) is 6.63. The van der Waals surface area contributed by atoms with Gasteiger partial charge in [0.15, 0.2) is 0 Å². The van der Waals surface area contributed by atoms with Crippen LogP contribution < -0.4 is 5.32 Å². The number of nitrogens with one attached hydrogen (secondary N) is 1. The molecule has 0 radical (unpaired) electrons. The molecule has 122 valence electrons. The van der Waals surface area contributed by atoms with Gasteiger partial charge in [-0.3, -0.25) is 4.79 Å². The number of amides is 2. The van der Waals surface area contributed by atoms with Crippen LogP contribution in [0.4, 0.5) is 4.79 Å². The van der Waals surface area contributed by atoms with Crippen LogP contribution in [0.15, 0.2) is 16.7 Å². The SMILES string of the molecule is Cc1occc1CNC(=O)C1CCN(C(=O)OC(C)(C)C)C1. The Morgan fingerprint density at radius 3 is 2.77 bits per heavy atom. The first-order valence-corrected chi connectivity index (χ1v) is 7.55. The Morgan fingerprint density at radius 2 is 2.18 bits per heavy atom. The molecule has 22 heavy (non-hydrogen) atoms. The highest BCUT2D eigenvalue weighted by Gasteiger charge is 2.33. The summed E-state index contributed by atoms with van der Waals surface area (Å²) < 4.78 is 10.5. The number of likely N-dealkylation sites (tertiary alicyclic amines) is 1. The molecular formula is C16H24N2O4. The largest absolute Gasteiger partial charge is 0.469 e. The summed E-state index contributed by atoms with van der Waals surface area (Å²) in [6.45, 7) is 8.77. The second-order valence-corrected chi connectivity index (χ2v) is 6.63. The third kappa shape index (κ3) is 4.26. The Kier molecular flexibility index (Phi) is 4.78. The molecular weight excluding hydrogens is 284 g/mol. The first-order valence-electron chi connectivity index (χ1n) is 7.55. The van der Waals surface area contributed by atoms with Gasteiger partial charge in [-0.2, -0.15) is 0 Å². The Hall–Kier alpha value is -1.98. The molecule has 6 heteroatoms. The van der Waals surface area contributed by atoms with Crippen molar-refractivity contribution < 1.29 is 18.7 Å². The summed E-state index contributed by atoms with van der Waals surface area (Å²) >= 11 is 0. The number of hydrogen-bond acceptors (Lipinski definition) is 4. The van der Waals surface area contributed by atoms with Crippen molar-refractivity contribution in [1.29, 1.82) is 0 Å². The molecule has 1 aliphatic heterocycles. The lowest BCUT2D eigenvalue weighted by Crippen LogP contribution is -2.37. The van der Waals surface area contributed by atoms with Gasteiger partial charge in [0.05, 0.1) is 12.2 Å². The standard InChI is InChI=1S/C16H24N2O4/c1-11-12(6-8-21-11)9-17-14(19)13-5-7-18(10-13)15(20)22-16(2,3)4/h6,8,13H,5,7,9-10H2,1-4H3,(H,17,19). The highest BCUT2D eigenvalue weighted by Crippen LogP contribution is 2.20. The molecule has 1 unspecified atom stereocenters. The smallest absolute Gasteiger partial charge is 0.410 e. The maximum absolute atomic E-state index is 12.2. The van der Waals surface area contributed by atoms with Crippen molar-refractivity contribution in [3.63, 3.8) is 0 Å². The molecule has 0 saturated carbocycles. The maximum Gasteiger partial charge on any atom is 0.410 e. The first-order chi connectivity index (χ1) is 10.3. The van der Waals surface area contributed by atoms with Crippen molar-refractivity contribution in [2.45, 2.75) is 46.3 Å². The molecule has 0 aliphatic carbocycles. The fourth-order valence-electron chi connectivity index (χ4n) is 2.39. The molecule has 1 aromatic heterocycles. The summed E-state index contributed by atoms with van der Waals surface area (Å²) in [4.78, 5) is 25.8. The number of rotatable bonds is 3. The van der Waals surface area contributed by atoms with E-state index in [0.29, 0.717) is 26.1 Å². The maximum atomic E-state index is 12.2. The number of aryl methyl sites for hydroxylation is 1. The van der Waals surface area contributed by atoms with E-state index in [2.05, 4.69) is 5.32 Å². The second kappa shape index (κ2) is 6.42.